The number of pyridine rings is 1. The third kappa shape index (κ3) is 6.83. The summed E-state index contributed by atoms with van der Waals surface area (Å²) in [6.07, 6.45) is 0.501. The minimum absolute atomic E-state index is 0.138. The number of hydrogen-bond donors (Lipinski definition) is 0. The van der Waals surface area contributed by atoms with E-state index in [1.54, 1.807) is 6.92 Å². The summed E-state index contributed by atoms with van der Waals surface area (Å²) >= 11 is 1.36. The molecule has 0 bridgehead atoms. The zero-order valence-electron chi connectivity index (χ0n) is 22.6. The first-order chi connectivity index (χ1) is 18.2. The lowest BCUT2D eigenvalue weighted by Gasteiger charge is -2.29. The minimum atomic E-state index is -1.26. The molecule has 1 aliphatic heterocycles. The van der Waals surface area contributed by atoms with Crippen LogP contribution in [0, 0.1) is 5.41 Å². The number of thioether (sulfide) groups is 1. The van der Waals surface area contributed by atoms with Gasteiger partial charge in [0, 0.05) is 42.4 Å². The van der Waals surface area contributed by atoms with Gasteiger partial charge in [-0.3, -0.25) is 9.78 Å². The molecule has 2 heterocycles. The fourth-order valence-corrected chi connectivity index (χ4v) is 5.05. The van der Waals surface area contributed by atoms with Crippen molar-refractivity contribution in [3.63, 3.8) is 0 Å². The third-order valence-electron chi connectivity index (χ3n) is 6.45. The first kappa shape index (κ1) is 27.9. The van der Waals surface area contributed by atoms with Crippen molar-refractivity contribution in [1.82, 2.24) is 4.98 Å². The smallest absolute Gasteiger partial charge is 0.346 e. The Bertz CT molecular complexity index is 1230. The number of cyclic esters (lactones) is 1. The Balaban J connectivity index is 1.58. The van der Waals surface area contributed by atoms with E-state index < -0.39 is 11.9 Å². The number of ether oxygens (including phenoxy) is 2. The van der Waals surface area contributed by atoms with Crippen LogP contribution in [0.25, 0.3) is 0 Å². The Labute approximate surface area is 229 Å². The Morgan fingerprint density at radius 2 is 1.63 bits per heavy atom. The largest absolute Gasteiger partial charge is 0.433 e. The summed E-state index contributed by atoms with van der Waals surface area (Å²) in [5.74, 6) is 0.393. The predicted molar refractivity (Wildman–Crippen MR) is 152 cm³/mol. The second-order valence-corrected chi connectivity index (χ2v) is 11.9. The highest BCUT2D eigenvalue weighted by Gasteiger charge is 2.54. The maximum atomic E-state index is 13.4. The van der Waals surface area contributed by atoms with Crippen molar-refractivity contribution < 1.29 is 19.1 Å². The van der Waals surface area contributed by atoms with Gasteiger partial charge in [-0.2, -0.15) is 0 Å². The van der Waals surface area contributed by atoms with Gasteiger partial charge in [-0.15, -0.1) is 0 Å². The van der Waals surface area contributed by atoms with Gasteiger partial charge >= 0.3 is 5.97 Å². The van der Waals surface area contributed by atoms with Crippen molar-refractivity contribution in [1.29, 1.82) is 0 Å². The summed E-state index contributed by atoms with van der Waals surface area (Å²) in [5.41, 5.74) is 1.90. The summed E-state index contributed by atoms with van der Waals surface area (Å²) in [5, 5.41) is 0.138. The number of rotatable bonds is 10. The van der Waals surface area contributed by atoms with E-state index in [1.165, 1.54) is 11.8 Å². The van der Waals surface area contributed by atoms with Gasteiger partial charge in [0.05, 0.1) is 12.2 Å². The monoisotopic (exact) mass is 532 g/mol. The molecule has 1 aliphatic rings. The van der Waals surface area contributed by atoms with Crippen LogP contribution < -0.4 is 4.90 Å². The Morgan fingerprint density at radius 3 is 2.26 bits per heavy atom. The third-order valence-corrected chi connectivity index (χ3v) is 7.34. The number of carbonyl (C=O) groups excluding carboxylic acids is 2. The number of anilines is 1. The summed E-state index contributed by atoms with van der Waals surface area (Å²) in [4.78, 5) is 32.0. The molecule has 200 valence electrons. The van der Waals surface area contributed by atoms with Crippen molar-refractivity contribution in [2.75, 3.05) is 17.2 Å². The Kier molecular flexibility index (Phi) is 8.90. The molecule has 0 aliphatic carbocycles. The molecule has 0 radical (unpaired) electrons. The SMILES string of the molecule is CC(=O)SCCCN(Cc1cccc(C[C@@]2(c3ccccc3)O[C@H](C(C)(C)C)OC2=O)n1)c1ccccc1. The first-order valence-corrected chi connectivity index (χ1v) is 14.0. The van der Waals surface area contributed by atoms with Gasteiger partial charge in [0.2, 0.25) is 6.29 Å². The summed E-state index contributed by atoms with van der Waals surface area (Å²) in [6, 6.07) is 25.7. The molecule has 0 unspecified atom stereocenters. The number of esters is 1. The van der Waals surface area contributed by atoms with E-state index in [4.69, 9.17) is 14.5 Å². The molecule has 2 atom stereocenters. The maximum absolute atomic E-state index is 13.4. The van der Waals surface area contributed by atoms with Crippen LogP contribution >= 0.6 is 11.8 Å². The number of para-hydroxylation sites is 1. The molecule has 4 rings (SSSR count). The lowest BCUT2D eigenvalue weighted by Crippen LogP contribution is -2.37. The van der Waals surface area contributed by atoms with E-state index in [1.807, 2.05) is 87.5 Å². The molecule has 1 fully saturated rings. The van der Waals surface area contributed by atoms with Crippen LogP contribution in [0.1, 0.15) is 51.1 Å². The van der Waals surface area contributed by atoms with E-state index in [2.05, 4.69) is 17.0 Å². The van der Waals surface area contributed by atoms with Crippen molar-refractivity contribution in [2.45, 2.75) is 59.0 Å². The van der Waals surface area contributed by atoms with Gasteiger partial charge in [0.1, 0.15) is 0 Å². The second-order valence-electron chi connectivity index (χ2n) is 10.7. The van der Waals surface area contributed by atoms with Crippen LogP contribution in [0.4, 0.5) is 5.69 Å². The van der Waals surface area contributed by atoms with Crippen LogP contribution in [0.2, 0.25) is 0 Å². The highest BCUT2D eigenvalue weighted by atomic mass is 32.2. The summed E-state index contributed by atoms with van der Waals surface area (Å²) in [6.45, 7) is 9.00. The molecule has 0 saturated carbocycles. The standard InChI is InChI=1S/C31H36N2O4S/c1-23(34)38-20-12-19-33(27-17-9-6-10-18-27)22-26-16-11-15-25(32-26)21-31(24-13-7-5-8-14-24)28(35)36-29(37-31)30(2,3)4/h5-11,13-18,29H,12,19-22H2,1-4H3/t29-,31+/m1/s1. The van der Waals surface area contributed by atoms with Gasteiger partial charge in [0.15, 0.2) is 10.7 Å². The van der Waals surface area contributed by atoms with Crippen molar-refractivity contribution in [2.24, 2.45) is 5.41 Å². The molecular weight excluding hydrogens is 496 g/mol. The van der Waals surface area contributed by atoms with Crippen LogP contribution in [-0.4, -0.2) is 34.7 Å². The van der Waals surface area contributed by atoms with Gasteiger partial charge < -0.3 is 14.4 Å². The van der Waals surface area contributed by atoms with Crippen LogP contribution in [0.15, 0.2) is 78.9 Å². The zero-order chi connectivity index (χ0) is 27.2. The number of benzene rings is 2. The van der Waals surface area contributed by atoms with E-state index in [0.717, 1.165) is 41.4 Å². The van der Waals surface area contributed by atoms with Crippen molar-refractivity contribution in [3.8, 4) is 0 Å². The fraction of sp³-hybridized carbons (Fsp3) is 0.387. The molecule has 38 heavy (non-hydrogen) atoms. The maximum Gasteiger partial charge on any atom is 0.346 e. The van der Waals surface area contributed by atoms with Gasteiger partial charge in [-0.25, -0.2) is 4.79 Å². The van der Waals surface area contributed by atoms with Crippen molar-refractivity contribution >= 4 is 28.5 Å². The summed E-state index contributed by atoms with van der Waals surface area (Å²) < 4.78 is 12.2. The Morgan fingerprint density at radius 1 is 0.974 bits per heavy atom. The number of nitrogens with zero attached hydrogens (tertiary/aromatic N) is 2. The highest BCUT2D eigenvalue weighted by molar-refractivity contribution is 8.13. The molecular formula is C31H36N2O4S. The van der Waals surface area contributed by atoms with Gasteiger partial charge in [-0.1, -0.05) is 87.1 Å². The molecule has 1 aromatic heterocycles. The molecule has 1 saturated heterocycles. The summed E-state index contributed by atoms with van der Waals surface area (Å²) in [7, 11) is 0. The lowest BCUT2D eigenvalue weighted by molar-refractivity contribution is -0.156. The molecule has 0 amide bonds. The predicted octanol–water partition coefficient (Wildman–Crippen LogP) is 6.14. The second kappa shape index (κ2) is 12.1. The van der Waals surface area contributed by atoms with E-state index in [-0.39, 0.29) is 22.9 Å². The molecule has 6 nitrogen and oxygen atoms in total. The van der Waals surface area contributed by atoms with Crippen molar-refractivity contribution in [3.05, 3.63) is 95.8 Å². The van der Waals surface area contributed by atoms with Gasteiger partial charge in [-0.05, 0) is 36.2 Å². The van der Waals surface area contributed by atoms with E-state index in [9.17, 15) is 9.59 Å². The number of hydrogen-bond acceptors (Lipinski definition) is 7. The van der Waals surface area contributed by atoms with Crippen LogP contribution in [0.3, 0.4) is 0 Å². The molecule has 7 heteroatoms. The molecule has 3 aromatic rings. The minimum Gasteiger partial charge on any atom is -0.433 e. The van der Waals surface area contributed by atoms with Crippen LogP contribution in [-0.2, 0) is 37.6 Å². The lowest BCUT2D eigenvalue weighted by atomic mass is 9.88. The van der Waals surface area contributed by atoms with Crippen LogP contribution in [0.5, 0.6) is 0 Å². The fourth-order valence-electron chi connectivity index (χ4n) is 4.49. The zero-order valence-corrected chi connectivity index (χ0v) is 23.4. The normalized spacial score (nSPS) is 19.3. The van der Waals surface area contributed by atoms with E-state index >= 15 is 0 Å². The highest BCUT2D eigenvalue weighted by Crippen LogP contribution is 2.42. The molecule has 0 N–H and O–H groups in total. The molecule has 2 aromatic carbocycles. The molecule has 0 spiro atoms. The van der Waals surface area contributed by atoms with E-state index in [0.29, 0.717) is 6.54 Å². The quantitative estimate of drug-likeness (QED) is 0.229. The topological polar surface area (TPSA) is 68.7 Å². The first-order valence-electron chi connectivity index (χ1n) is 13.0. The average molecular weight is 533 g/mol. The number of carbonyl (C=O) groups is 2. The number of aromatic nitrogens is 1. The average Bonchev–Trinajstić information content (AvgIpc) is 3.24. The van der Waals surface area contributed by atoms with Gasteiger partial charge in [0.25, 0.3) is 0 Å². The Hall–Kier alpha value is -3.16.